The quantitative estimate of drug-likeness (QED) is 0.368. The lowest BCUT2D eigenvalue weighted by Crippen LogP contribution is -2.51. The molecule has 0 heterocycles. The van der Waals surface area contributed by atoms with Crippen LogP contribution >= 0.6 is 12.4 Å². The summed E-state index contributed by atoms with van der Waals surface area (Å²) in [4.78, 5) is 23.1. The first-order valence-electron chi connectivity index (χ1n) is 5.57. The van der Waals surface area contributed by atoms with Crippen molar-refractivity contribution in [1.82, 2.24) is 5.01 Å². The van der Waals surface area contributed by atoms with E-state index in [2.05, 4.69) is 4.74 Å². The van der Waals surface area contributed by atoms with Crippen LogP contribution in [0.4, 0.5) is 4.79 Å². The number of hydrogen-bond donors (Lipinski definition) is 1. The number of carbonyl (C=O) groups is 2. The Morgan fingerprint density at radius 2 is 1.83 bits per heavy atom. The number of nitrogens with two attached hydrogens (primary N) is 1. The first kappa shape index (κ1) is 19.3. The number of halogens is 1. The van der Waals surface area contributed by atoms with Crippen LogP contribution in [0.25, 0.3) is 0 Å². The van der Waals surface area contributed by atoms with E-state index in [1.807, 2.05) is 6.92 Å². The Morgan fingerprint density at radius 1 is 1.33 bits per heavy atom. The highest BCUT2D eigenvalue weighted by atomic mass is 35.5. The molecule has 1 atom stereocenters. The zero-order valence-corrected chi connectivity index (χ0v) is 12.4. The van der Waals surface area contributed by atoms with Crippen molar-refractivity contribution in [2.24, 2.45) is 5.84 Å². The number of esters is 1. The zero-order valence-electron chi connectivity index (χ0n) is 11.6. The molecule has 0 aromatic heterocycles. The number of hydrogen-bond acceptors (Lipinski definition) is 5. The molecule has 6 nitrogen and oxygen atoms in total. The van der Waals surface area contributed by atoms with E-state index >= 15 is 0 Å². The minimum absolute atomic E-state index is 0. The standard InChI is InChI=1S/C11H22N2O4.ClH/c1-6-7-8(9(14)16-5)13(12)10(15)17-11(2,3)4;/h8H,6-7,12H2,1-5H3;1H. The van der Waals surface area contributed by atoms with Gasteiger partial charge in [-0.05, 0) is 27.2 Å². The molecular formula is C11H23ClN2O4. The molecule has 0 saturated heterocycles. The van der Waals surface area contributed by atoms with Gasteiger partial charge in [-0.25, -0.2) is 20.4 Å². The molecule has 0 bridgehead atoms. The van der Waals surface area contributed by atoms with Gasteiger partial charge in [0, 0.05) is 0 Å². The molecule has 0 spiro atoms. The maximum Gasteiger partial charge on any atom is 0.425 e. The number of hydrazine groups is 1. The second-order valence-corrected chi connectivity index (χ2v) is 4.72. The maximum absolute atomic E-state index is 11.7. The monoisotopic (exact) mass is 282 g/mol. The summed E-state index contributed by atoms with van der Waals surface area (Å²) < 4.78 is 9.67. The van der Waals surface area contributed by atoms with E-state index < -0.39 is 23.7 Å². The van der Waals surface area contributed by atoms with Gasteiger partial charge in [0.2, 0.25) is 0 Å². The van der Waals surface area contributed by atoms with Gasteiger partial charge < -0.3 is 9.47 Å². The number of carbonyl (C=O) groups excluding carboxylic acids is 2. The van der Waals surface area contributed by atoms with Gasteiger partial charge in [0.05, 0.1) is 7.11 Å². The molecule has 0 aliphatic carbocycles. The van der Waals surface area contributed by atoms with Crippen LogP contribution in [-0.2, 0) is 14.3 Å². The van der Waals surface area contributed by atoms with Gasteiger partial charge in [-0.1, -0.05) is 13.3 Å². The Balaban J connectivity index is 0. The molecular weight excluding hydrogens is 260 g/mol. The Morgan fingerprint density at radius 3 is 2.17 bits per heavy atom. The van der Waals surface area contributed by atoms with Crippen LogP contribution in [0.5, 0.6) is 0 Å². The van der Waals surface area contributed by atoms with Crippen LogP contribution in [0.2, 0.25) is 0 Å². The van der Waals surface area contributed by atoms with E-state index in [1.165, 1.54) is 7.11 Å². The van der Waals surface area contributed by atoms with Crippen molar-refractivity contribution in [2.75, 3.05) is 7.11 Å². The summed E-state index contributed by atoms with van der Waals surface area (Å²) in [7, 11) is 1.26. The van der Waals surface area contributed by atoms with Crippen molar-refractivity contribution in [3.63, 3.8) is 0 Å². The third kappa shape index (κ3) is 6.66. The van der Waals surface area contributed by atoms with E-state index in [4.69, 9.17) is 10.6 Å². The van der Waals surface area contributed by atoms with E-state index in [0.717, 1.165) is 5.01 Å². The van der Waals surface area contributed by atoms with Crippen molar-refractivity contribution >= 4 is 24.5 Å². The minimum Gasteiger partial charge on any atom is -0.467 e. The molecule has 0 saturated carbocycles. The van der Waals surface area contributed by atoms with Crippen molar-refractivity contribution in [1.29, 1.82) is 0 Å². The topological polar surface area (TPSA) is 81.9 Å². The maximum atomic E-state index is 11.7. The van der Waals surface area contributed by atoms with Crippen LogP contribution in [0.15, 0.2) is 0 Å². The molecule has 7 heteroatoms. The summed E-state index contributed by atoms with van der Waals surface area (Å²) in [5.74, 6) is 5.05. The summed E-state index contributed by atoms with van der Waals surface area (Å²) in [5.41, 5.74) is -0.651. The minimum atomic E-state index is -0.806. The predicted octanol–water partition coefficient (Wildman–Crippen LogP) is 1.86. The lowest BCUT2D eigenvalue weighted by molar-refractivity contribution is -0.147. The molecule has 0 fully saturated rings. The first-order chi connectivity index (χ1) is 7.72. The second-order valence-electron chi connectivity index (χ2n) is 4.72. The molecule has 0 aromatic carbocycles. The molecule has 1 amide bonds. The lowest BCUT2D eigenvalue weighted by atomic mass is 10.1. The van der Waals surface area contributed by atoms with Crippen molar-refractivity contribution in [3.8, 4) is 0 Å². The molecule has 0 radical (unpaired) electrons. The van der Waals surface area contributed by atoms with Crippen molar-refractivity contribution in [2.45, 2.75) is 52.2 Å². The molecule has 108 valence electrons. The van der Waals surface area contributed by atoms with Crippen molar-refractivity contribution in [3.05, 3.63) is 0 Å². The summed E-state index contributed by atoms with van der Waals surface area (Å²) in [5, 5.41) is 0.792. The van der Waals surface area contributed by atoms with Gasteiger partial charge >= 0.3 is 12.1 Å². The van der Waals surface area contributed by atoms with E-state index in [-0.39, 0.29) is 12.4 Å². The van der Waals surface area contributed by atoms with Gasteiger partial charge in [-0.3, -0.25) is 0 Å². The molecule has 0 aliphatic heterocycles. The molecule has 0 rings (SSSR count). The average Bonchev–Trinajstić information content (AvgIpc) is 2.21. The number of ether oxygens (including phenoxy) is 2. The summed E-state index contributed by atoms with van der Waals surface area (Å²) in [6.45, 7) is 7.07. The van der Waals surface area contributed by atoms with Crippen molar-refractivity contribution < 1.29 is 19.1 Å². The second kappa shape index (κ2) is 8.16. The van der Waals surface area contributed by atoms with Crippen LogP contribution < -0.4 is 5.84 Å². The zero-order chi connectivity index (χ0) is 13.6. The SMILES string of the molecule is CCCC(C(=O)OC)N(N)C(=O)OC(C)(C)C.Cl. The predicted molar refractivity (Wildman–Crippen MR) is 70.2 cm³/mol. The third-order valence-electron chi connectivity index (χ3n) is 1.98. The lowest BCUT2D eigenvalue weighted by Gasteiger charge is -2.28. The van der Waals surface area contributed by atoms with Crippen LogP contribution in [0.1, 0.15) is 40.5 Å². The highest BCUT2D eigenvalue weighted by molar-refractivity contribution is 5.85. The Hall–Kier alpha value is -1.01. The van der Waals surface area contributed by atoms with Gasteiger partial charge in [0.1, 0.15) is 11.6 Å². The van der Waals surface area contributed by atoms with E-state index in [9.17, 15) is 9.59 Å². The molecule has 0 aliphatic rings. The molecule has 0 aromatic rings. The van der Waals surface area contributed by atoms with Gasteiger partial charge in [0.25, 0.3) is 0 Å². The average molecular weight is 283 g/mol. The number of rotatable bonds is 4. The fourth-order valence-electron chi connectivity index (χ4n) is 1.22. The number of nitrogens with zero attached hydrogens (tertiary/aromatic N) is 1. The highest BCUT2D eigenvalue weighted by Gasteiger charge is 2.30. The van der Waals surface area contributed by atoms with Gasteiger partial charge in [-0.15, -0.1) is 12.4 Å². The number of amides is 1. The van der Waals surface area contributed by atoms with Crippen LogP contribution in [-0.4, -0.2) is 35.8 Å². The Bertz CT molecular complexity index is 279. The molecule has 2 N–H and O–H groups in total. The van der Waals surface area contributed by atoms with Crippen LogP contribution in [0, 0.1) is 0 Å². The largest absolute Gasteiger partial charge is 0.467 e. The Kier molecular flexibility index (Phi) is 8.76. The third-order valence-corrected chi connectivity index (χ3v) is 1.98. The summed E-state index contributed by atoms with van der Waals surface area (Å²) >= 11 is 0. The van der Waals surface area contributed by atoms with Gasteiger partial charge in [-0.2, -0.15) is 0 Å². The first-order valence-corrected chi connectivity index (χ1v) is 5.57. The number of methoxy groups -OCH3 is 1. The van der Waals surface area contributed by atoms with E-state index in [0.29, 0.717) is 12.8 Å². The van der Waals surface area contributed by atoms with E-state index in [1.54, 1.807) is 20.8 Å². The normalized spacial score (nSPS) is 12.1. The highest BCUT2D eigenvalue weighted by Crippen LogP contribution is 2.12. The van der Waals surface area contributed by atoms with Crippen LogP contribution in [0.3, 0.4) is 0 Å². The molecule has 1 unspecified atom stereocenters. The smallest absolute Gasteiger partial charge is 0.425 e. The van der Waals surface area contributed by atoms with Gasteiger partial charge in [0.15, 0.2) is 0 Å². The summed E-state index contributed by atoms with van der Waals surface area (Å²) in [6, 6.07) is -0.806. The fraction of sp³-hybridized carbons (Fsp3) is 0.818. The Labute approximate surface area is 114 Å². The fourth-order valence-corrected chi connectivity index (χ4v) is 1.22. The summed E-state index contributed by atoms with van der Waals surface area (Å²) in [6.07, 6.45) is 0.403. The molecule has 18 heavy (non-hydrogen) atoms.